The van der Waals surface area contributed by atoms with Gasteiger partial charge in [0.25, 0.3) is 23.4 Å². The number of methoxy groups -OCH3 is 1. The summed E-state index contributed by atoms with van der Waals surface area (Å²) in [4.78, 5) is 52.8. The van der Waals surface area contributed by atoms with Crippen LogP contribution in [0.2, 0.25) is 0 Å². The summed E-state index contributed by atoms with van der Waals surface area (Å²) in [5.74, 6) is -1.52. The lowest BCUT2D eigenvalue weighted by Crippen LogP contribution is -2.47. The van der Waals surface area contributed by atoms with Gasteiger partial charge in [0.2, 0.25) is 0 Å². The fraction of sp³-hybridized carbons (Fsp3) is 0.250. The molecule has 9 nitrogen and oxygen atoms in total. The lowest BCUT2D eigenvalue weighted by Gasteiger charge is -2.24. The third-order valence-electron chi connectivity index (χ3n) is 5.23. The van der Waals surface area contributed by atoms with E-state index in [9.17, 15) is 24.5 Å². The first-order chi connectivity index (χ1) is 13.9. The molecule has 0 N–H and O–H groups in total. The van der Waals surface area contributed by atoms with Crippen molar-refractivity contribution < 1.29 is 24.0 Å². The minimum atomic E-state index is -0.866. The van der Waals surface area contributed by atoms with Crippen LogP contribution in [0.5, 0.6) is 5.75 Å². The Morgan fingerprint density at radius 1 is 1.21 bits per heavy atom. The minimum absolute atomic E-state index is 0.124. The number of benzene rings is 2. The third-order valence-corrected chi connectivity index (χ3v) is 5.23. The number of nitro groups is 1. The minimum Gasteiger partial charge on any atom is -0.497 e. The van der Waals surface area contributed by atoms with Gasteiger partial charge in [-0.1, -0.05) is 12.1 Å². The van der Waals surface area contributed by atoms with Crippen LogP contribution in [0.1, 0.15) is 33.6 Å². The number of imide groups is 1. The van der Waals surface area contributed by atoms with Gasteiger partial charge in [-0.25, -0.2) is 4.90 Å². The fourth-order valence-corrected chi connectivity index (χ4v) is 3.84. The number of carbonyl (C=O) groups excluding carboxylic acids is 3. The van der Waals surface area contributed by atoms with Gasteiger partial charge in [0.15, 0.2) is 0 Å². The predicted molar refractivity (Wildman–Crippen MR) is 102 cm³/mol. The normalized spacial score (nSPS) is 18.2. The zero-order valence-electron chi connectivity index (χ0n) is 15.5. The standard InChI is InChI=1S/C20H17N3O6/c1-29-12-8-9-16(23(27)28)14(11-12)19(25)22-15-6-3-2-5-13(15)18(24)21-10-4-7-17(21)20(22)26/h2-3,5-6,8-9,11,17H,4,7,10H2,1H3/t17-/m0/s1. The molecule has 1 saturated heterocycles. The molecule has 0 aliphatic carbocycles. The first kappa shape index (κ1) is 18.6. The molecule has 1 fully saturated rings. The molecule has 0 aromatic heterocycles. The second kappa shape index (κ2) is 7.01. The van der Waals surface area contributed by atoms with Crippen molar-refractivity contribution in [2.24, 2.45) is 0 Å². The Balaban J connectivity index is 1.90. The van der Waals surface area contributed by atoms with Gasteiger partial charge >= 0.3 is 0 Å². The fourth-order valence-electron chi connectivity index (χ4n) is 3.84. The molecular formula is C20H17N3O6. The van der Waals surface area contributed by atoms with Gasteiger partial charge in [-0.2, -0.15) is 0 Å². The lowest BCUT2D eigenvalue weighted by atomic mass is 10.1. The van der Waals surface area contributed by atoms with Crippen molar-refractivity contribution in [2.45, 2.75) is 18.9 Å². The highest BCUT2D eigenvalue weighted by Gasteiger charge is 2.45. The van der Waals surface area contributed by atoms with Crippen LogP contribution in [0.25, 0.3) is 0 Å². The highest BCUT2D eigenvalue weighted by atomic mass is 16.6. The van der Waals surface area contributed by atoms with Gasteiger partial charge in [-0.15, -0.1) is 0 Å². The number of ether oxygens (including phenoxy) is 1. The van der Waals surface area contributed by atoms with Gasteiger partial charge in [0.05, 0.1) is 23.3 Å². The van der Waals surface area contributed by atoms with Crippen molar-refractivity contribution in [2.75, 3.05) is 18.6 Å². The summed E-state index contributed by atoms with van der Waals surface area (Å²) >= 11 is 0. The monoisotopic (exact) mass is 395 g/mol. The van der Waals surface area contributed by atoms with E-state index in [0.717, 1.165) is 11.0 Å². The van der Waals surface area contributed by atoms with E-state index < -0.39 is 28.5 Å². The SMILES string of the molecule is COc1ccc([N+](=O)[O-])c(C(=O)N2C(=O)[C@@H]3CCCN3C(=O)c3ccccc32)c1. The Morgan fingerprint density at radius 2 is 1.97 bits per heavy atom. The van der Waals surface area contributed by atoms with E-state index in [1.165, 1.54) is 30.2 Å². The average molecular weight is 395 g/mol. The summed E-state index contributed by atoms with van der Waals surface area (Å²) < 4.78 is 5.09. The second-order valence-corrected chi connectivity index (χ2v) is 6.79. The highest BCUT2D eigenvalue weighted by molar-refractivity contribution is 6.27. The molecule has 2 aliphatic heterocycles. The van der Waals surface area contributed by atoms with Crippen LogP contribution in [-0.2, 0) is 4.79 Å². The van der Waals surface area contributed by atoms with E-state index in [1.807, 2.05) is 0 Å². The van der Waals surface area contributed by atoms with E-state index >= 15 is 0 Å². The van der Waals surface area contributed by atoms with Crippen LogP contribution < -0.4 is 9.64 Å². The lowest BCUT2D eigenvalue weighted by molar-refractivity contribution is -0.385. The van der Waals surface area contributed by atoms with Gasteiger partial charge in [0, 0.05) is 12.6 Å². The molecule has 0 radical (unpaired) electrons. The largest absolute Gasteiger partial charge is 0.497 e. The molecule has 4 rings (SSSR count). The van der Waals surface area contributed by atoms with Crippen LogP contribution in [0, 0.1) is 10.1 Å². The molecule has 1 atom stereocenters. The van der Waals surface area contributed by atoms with Crippen molar-refractivity contribution in [3.05, 3.63) is 63.7 Å². The van der Waals surface area contributed by atoms with E-state index in [-0.39, 0.29) is 28.5 Å². The molecule has 0 spiro atoms. The molecule has 2 aromatic rings. The number of nitro benzene ring substituents is 1. The van der Waals surface area contributed by atoms with Gasteiger partial charge < -0.3 is 9.64 Å². The topological polar surface area (TPSA) is 110 Å². The molecule has 148 valence electrons. The van der Waals surface area contributed by atoms with Crippen LogP contribution in [0.3, 0.4) is 0 Å². The van der Waals surface area contributed by atoms with Crippen molar-refractivity contribution in [1.29, 1.82) is 0 Å². The van der Waals surface area contributed by atoms with Crippen molar-refractivity contribution >= 4 is 29.1 Å². The van der Waals surface area contributed by atoms with Crippen LogP contribution >= 0.6 is 0 Å². The Labute approximate surface area is 165 Å². The van der Waals surface area contributed by atoms with Crippen molar-refractivity contribution in [1.82, 2.24) is 4.90 Å². The van der Waals surface area contributed by atoms with Gasteiger partial charge in [-0.05, 0) is 37.1 Å². The van der Waals surface area contributed by atoms with E-state index in [2.05, 4.69) is 0 Å². The van der Waals surface area contributed by atoms with Gasteiger partial charge in [0.1, 0.15) is 17.4 Å². The average Bonchev–Trinajstić information content (AvgIpc) is 3.20. The Hall–Kier alpha value is -3.75. The summed E-state index contributed by atoms with van der Waals surface area (Å²) in [6, 6.07) is 9.29. The maximum atomic E-state index is 13.4. The number of para-hydroxylation sites is 1. The molecule has 2 aromatic carbocycles. The van der Waals surface area contributed by atoms with Gasteiger partial charge in [-0.3, -0.25) is 24.5 Å². The molecule has 0 bridgehead atoms. The maximum Gasteiger partial charge on any atom is 0.282 e. The quantitative estimate of drug-likeness (QED) is 0.448. The van der Waals surface area contributed by atoms with Crippen molar-refractivity contribution in [3.63, 3.8) is 0 Å². The zero-order valence-corrected chi connectivity index (χ0v) is 15.5. The Morgan fingerprint density at radius 3 is 2.69 bits per heavy atom. The summed E-state index contributed by atoms with van der Waals surface area (Å²) in [5.41, 5.74) is -0.389. The summed E-state index contributed by atoms with van der Waals surface area (Å²) in [6.07, 6.45) is 1.08. The molecular weight excluding hydrogens is 378 g/mol. The number of rotatable bonds is 3. The number of anilines is 1. The van der Waals surface area contributed by atoms with E-state index in [4.69, 9.17) is 4.74 Å². The molecule has 9 heteroatoms. The van der Waals surface area contributed by atoms with Crippen molar-refractivity contribution in [3.8, 4) is 5.75 Å². The molecule has 2 aliphatic rings. The third kappa shape index (κ3) is 2.91. The second-order valence-electron chi connectivity index (χ2n) is 6.79. The van der Waals surface area contributed by atoms with E-state index in [1.54, 1.807) is 18.2 Å². The summed E-state index contributed by atoms with van der Waals surface area (Å²) in [6.45, 7) is 0.422. The number of carbonyl (C=O) groups is 3. The first-order valence-corrected chi connectivity index (χ1v) is 9.04. The molecule has 0 unspecified atom stereocenters. The van der Waals surface area contributed by atoms with Crippen LogP contribution in [0.4, 0.5) is 11.4 Å². The molecule has 29 heavy (non-hydrogen) atoms. The highest BCUT2D eigenvalue weighted by Crippen LogP contribution is 2.35. The molecule has 3 amide bonds. The van der Waals surface area contributed by atoms with Crippen LogP contribution in [0.15, 0.2) is 42.5 Å². The maximum absolute atomic E-state index is 13.4. The Bertz CT molecular complexity index is 1050. The number of fused-ring (bicyclic) bond motifs is 2. The summed E-state index contributed by atoms with van der Waals surface area (Å²) in [7, 11) is 1.37. The summed E-state index contributed by atoms with van der Waals surface area (Å²) in [5, 5.41) is 11.5. The molecule has 0 saturated carbocycles. The predicted octanol–water partition coefficient (Wildman–Crippen LogP) is 2.40. The number of hydrogen-bond donors (Lipinski definition) is 0. The zero-order chi connectivity index (χ0) is 20.7. The van der Waals surface area contributed by atoms with E-state index in [0.29, 0.717) is 19.4 Å². The number of nitrogens with zero attached hydrogens (tertiary/aromatic N) is 3. The smallest absolute Gasteiger partial charge is 0.282 e. The Kier molecular flexibility index (Phi) is 4.50. The first-order valence-electron chi connectivity index (χ1n) is 9.04. The van der Waals surface area contributed by atoms with Crippen LogP contribution in [-0.4, -0.2) is 47.2 Å². The number of amides is 3. The molecule has 2 heterocycles. The number of hydrogen-bond acceptors (Lipinski definition) is 6.